The van der Waals surface area contributed by atoms with E-state index in [-0.39, 0.29) is 38.2 Å². The molecule has 2 N–H and O–H groups in total. The van der Waals surface area contributed by atoms with Gasteiger partial charge in [-0.25, -0.2) is 28.3 Å². The number of carboxylic acid groups (broad SMARTS) is 1. The van der Waals surface area contributed by atoms with Crippen molar-refractivity contribution in [2.24, 2.45) is 0 Å². The van der Waals surface area contributed by atoms with Crippen molar-refractivity contribution in [3.05, 3.63) is 57.9 Å². The summed E-state index contributed by atoms with van der Waals surface area (Å²) in [4.78, 5) is 47.1. The van der Waals surface area contributed by atoms with Crippen LogP contribution in [0.25, 0.3) is 10.9 Å². The third-order valence-electron chi connectivity index (χ3n) is 8.72. The molecule has 2 aliphatic rings. The highest BCUT2D eigenvalue weighted by Crippen LogP contribution is 2.45. The Labute approximate surface area is 286 Å². The molecule has 0 saturated carbocycles. The van der Waals surface area contributed by atoms with E-state index in [1.165, 1.54) is 40.0 Å². The second-order valence-electron chi connectivity index (χ2n) is 13.0. The number of ether oxygens (including phenoxy) is 2. The topological polar surface area (TPSA) is 187 Å². The van der Waals surface area contributed by atoms with Crippen molar-refractivity contribution in [2.45, 2.75) is 64.2 Å². The van der Waals surface area contributed by atoms with Crippen LogP contribution in [0.15, 0.2) is 35.1 Å². The molecule has 0 radical (unpaired) electrons. The highest BCUT2D eigenvalue weighted by Gasteiger charge is 2.50. The molecule has 2 unspecified atom stereocenters. The molecule has 1 aromatic heterocycles. The van der Waals surface area contributed by atoms with E-state index in [4.69, 9.17) is 9.47 Å². The number of hydrogen-bond donors (Lipinski definition) is 2. The number of likely N-dealkylation sites (tertiary alicyclic amines) is 1. The second kappa shape index (κ2) is 13.5. The van der Waals surface area contributed by atoms with E-state index in [9.17, 15) is 33.2 Å². The lowest BCUT2D eigenvalue weighted by Gasteiger charge is -2.45. The van der Waals surface area contributed by atoms with E-state index in [0.717, 1.165) is 32.0 Å². The Morgan fingerprint density at radius 2 is 1.94 bits per heavy atom. The van der Waals surface area contributed by atoms with Crippen molar-refractivity contribution in [2.75, 3.05) is 42.9 Å². The number of piperidine rings is 1. The number of halogens is 2. The predicted molar refractivity (Wildman–Crippen MR) is 177 cm³/mol. The summed E-state index contributed by atoms with van der Waals surface area (Å²) in [6.45, 7) is 6.09. The van der Waals surface area contributed by atoms with Crippen LogP contribution in [-0.4, -0.2) is 89.0 Å². The molecule has 2 saturated heterocycles. The molecule has 2 aromatic carbocycles. The average molecular weight is 718 g/mol. The van der Waals surface area contributed by atoms with Gasteiger partial charge >= 0.3 is 22.4 Å². The molecule has 50 heavy (non-hydrogen) atoms. The van der Waals surface area contributed by atoms with Crippen LogP contribution < -0.4 is 15.2 Å². The van der Waals surface area contributed by atoms with E-state index in [0.29, 0.717) is 17.7 Å². The Kier molecular flexibility index (Phi) is 9.80. The van der Waals surface area contributed by atoms with E-state index in [1.807, 2.05) is 0 Å². The Morgan fingerprint density at radius 3 is 2.54 bits per heavy atom. The third-order valence-corrected chi connectivity index (χ3v) is 10.3. The number of anilines is 3. The summed E-state index contributed by atoms with van der Waals surface area (Å²) in [5.41, 5.74) is -5.62. The largest absolute Gasteiger partial charge is 0.465 e. The van der Waals surface area contributed by atoms with Crippen LogP contribution in [0.5, 0.6) is 0 Å². The first-order valence-electron chi connectivity index (χ1n) is 15.8. The van der Waals surface area contributed by atoms with Crippen LogP contribution in [0, 0.1) is 23.0 Å². The molecule has 5 rings (SSSR count). The number of carbonyl (C=O) groups is 2. The van der Waals surface area contributed by atoms with E-state index in [2.05, 4.69) is 9.71 Å². The molecule has 3 aromatic rings. The maximum Gasteiger partial charge on any atom is 0.422 e. The fraction of sp³-hybridized carbons (Fsp3) is 0.469. The van der Waals surface area contributed by atoms with Gasteiger partial charge in [-0.15, -0.1) is 0 Å². The first-order chi connectivity index (χ1) is 23.4. The number of hydrogen-bond acceptors (Lipinski definition) is 9. The smallest absolute Gasteiger partial charge is 0.422 e. The van der Waals surface area contributed by atoms with Gasteiger partial charge < -0.3 is 19.5 Å². The minimum Gasteiger partial charge on any atom is -0.465 e. The van der Waals surface area contributed by atoms with Gasteiger partial charge in [-0.05, 0) is 64.3 Å². The summed E-state index contributed by atoms with van der Waals surface area (Å²) in [5, 5.41) is 19.9. The number of nitriles is 1. The van der Waals surface area contributed by atoms with Crippen molar-refractivity contribution in [3.8, 4) is 6.07 Å². The zero-order chi connectivity index (χ0) is 36.8. The molecule has 2 aliphatic heterocycles. The highest BCUT2D eigenvalue weighted by molar-refractivity contribution is 7.90. The Morgan fingerprint density at radius 1 is 1.22 bits per heavy atom. The van der Waals surface area contributed by atoms with Gasteiger partial charge in [-0.1, -0.05) is 13.0 Å². The lowest BCUT2D eigenvalue weighted by atomic mass is 9.83. The molecule has 3 heterocycles. The quantitative estimate of drug-likeness (QED) is 0.347. The summed E-state index contributed by atoms with van der Waals surface area (Å²) in [6, 6.07) is 5.93. The van der Waals surface area contributed by atoms with Crippen molar-refractivity contribution in [1.82, 2.24) is 18.8 Å². The van der Waals surface area contributed by atoms with Gasteiger partial charge in [0.25, 0.3) is 5.56 Å². The lowest BCUT2D eigenvalue weighted by molar-refractivity contribution is -0.0775. The van der Waals surface area contributed by atoms with Gasteiger partial charge in [0.05, 0.1) is 22.8 Å². The number of rotatable bonds is 7. The number of benzene rings is 2. The van der Waals surface area contributed by atoms with Gasteiger partial charge in [0.15, 0.2) is 0 Å². The van der Waals surface area contributed by atoms with Gasteiger partial charge in [-0.3, -0.25) is 14.1 Å². The first-order valence-corrected chi connectivity index (χ1v) is 17.2. The number of nitrogens with one attached hydrogen (secondary N) is 1. The molecular formula is C32H37F2N7O8S. The fourth-order valence-electron chi connectivity index (χ4n) is 6.21. The number of fused-ring (bicyclic) bond motifs is 1. The number of aromatic nitrogens is 2. The summed E-state index contributed by atoms with van der Waals surface area (Å²) in [7, 11) is -3.00. The maximum absolute atomic E-state index is 16.2. The molecule has 2 fully saturated rings. The Bertz CT molecular complexity index is 2060. The Hall–Kier alpha value is -4.86. The van der Waals surface area contributed by atoms with E-state index in [1.54, 1.807) is 13.0 Å². The van der Waals surface area contributed by atoms with Crippen molar-refractivity contribution < 1.29 is 41.4 Å². The number of amides is 2. The number of carbonyl (C=O) groups excluding carboxylic acids is 1. The lowest BCUT2D eigenvalue weighted by Crippen LogP contribution is -2.56. The summed E-state index contributed by atoms with van der Waals surface area (Å²) >= 11 is 0. The fourth-order valence-corrected chi connectivity index (χ4v) is 7.15. The van der Waals surface area contributed by atoms with Gasteiger partial charge in [0.2, 0.25) is 5.95 Å². The zero-order valence-corrected chi connectivity index (χ0v) is 28.9. The standard InChI is InChI=1S/C32H37F2N7O8S/c1-6-38(5)50(46,47)37-22-12-11-21(34)26(19(22)17-35)41(30(45)49-31(2,3)4)28-36-23-10-7-9-20(33)25(23)27(42)40(28)24-18-39(29(43)44)15-14-32(24)13-8-16-48-32/h7,9-12,24,37H,6,8,13-16,18H2,1-5H3,(H,43,44). The molecule has 2 atom stereocenters. The highest BCUT2D eigenvalue weighted by atomic mass is 32.2. The molecule has 268 valence electrons. The van der Waals surface area contributed by atoms with Crippen LogP contribution in [0.2, 0.25) is 0 Å². The Balaban J connectivity index is 1.90. The molecule has 1 spiro atoms. The average Bonchev–Trinajstić information content (AvgIpc) is 3.50. The zero-order valence-electron chi connectivity index (χ0n) is 28.1. The molecule has 15 nitrogen and oxygen atoms in total. The van der Waals surface area contributed by atoms with Gasteiger partial charge in [0.1, 0.15) is 39.9 Å². The molecule has 18 heteroatoms. The van der Waals surface area contributed by atoms with Crippen LogP contribution in [0.3, 0.4) is 0 Å². The van der Waals surface area contributed by atoms with Crippen LogP contribution in [0.4, 0.5) is 35.7 Å². The molecule has 0 bridgehead atoms. The molecule has 0 aliphatic carbocycles. The molecular weight excluding hydrogens is 680 g/mol. The maximum atomic E-state index is 16.2. The van der Waals surface area contributed by atoms with Crippen molar-refractivity contribution in [1.29, 1.82) is 5.26 Å². The van der Waals surface area contributed by atoms with Crippen molar-refractivity contribution >= 4 is 50.6 Å². The van der Waals surface area contributed by atoms with E-state index < -0.39 is 85.1 Å². The minimum absolute atomic E-state index is 0.0394. The summed E-state index contributed by atoms with van der Waals surface area (Å²) in [6.07, 6.45) is -1.62. The van der Waals surface area contributed by atoms with Gasteiger partial charge in [0, 0.05) is 33.3 Å². The molecule has 2 amide bonds. The predicted octanol–water partition coefficient (Wildman–Crippen LogP) is 4.70. The van der Waals surface area contributed by atoms with Gasteiger partial charge in [-0.2, -0.15) is 18.0 Å². The summed E-state index contributed by atoms with van der Waals surface area (Å²) in [5.74, 6) is -2.81. The monoisotopic (exact) mass is 717 g/mol. The first kappa shape index (κ1) is 36.4. The normalized spacial score (nSPS) is 19.5. The number of nitrogens with zero attached hydrogens (tertiary/aromatic N) is 6. The SMILES string of the molecule is CCN(C)S(=O)(=O)Nc1ccc(F)c(N(C(=O)OC(C)(C)C)c2nc3cccc(F)c3c(=O)n2C2CN(C(=O)O)CCC23CCCO3)c1C#N. The van der Waals surface area contributed by atoms with Crippen molar-refractivity contribution in [3.63, 3.8) is 0 Å². The summed E-state index contributed by atoms with van der Waals surface area (Å²) < 4.78 is 73.6. The van der Waals surface area contributed by atoms with E-state index >= 15 is 8.78 Å². The van der Waals surface area contributed by atoms with Crippen LogP contribution >= 0.6 is 0 Å². The van der Waals surface area contributed by atoms with Crippen LogP contribution in [0.1, 0.15) is 58.6 Å². The van der Waals surface area contributed by atoms with Crippen LogP contribution in [-0.2, 0) is 19.7 Å². The minimum atomic E-state index is -4.28. The third kappa shape index (κ3) is 6.67. The second-order valence-corrected chi connectivity index (χ2v) is 14.8.